The van der Waals surface area contributed by atoms with Crippen molar-refractivity contribution in [2.45, 2.75) is 19.4 Å². The van der Waals surface area contributed by atoms with Crippen molar-refractivity contribution in [3.63, 3.8) is 0 Å². The second-order valence-electron chi connectivity index (χ2n) is 4.98. The summed E-state index contributed by atoms with van der Waals surface area (Å²) in [6.45, 7) is 3.12. The van der Waals surface area contributed by atoms with Crippen molar-refractivity contribution in [1.82, 2.24) is 10.3 Å². The van der Waals surface area contributed by atoms with Gasteiger partial charge in [-0.05, 0) is 42.1 Å². The molecule has 3 aromatic rings. The predicted octanol–water partition coefficient (Wildman–Crippen LogP) is 5.04. The molecule has 0 saturated heterocycles. The molecule has 1 atom stereocenters. The molecule has 0 aliphatic heterocycles. The number of benzene rings is 1. The fourth-order valence-corrected chi connectivity index (χ4v) is 3.68. The molecule has 3 rings (SSSR count). The molecule has 0 radical (unpaired) electrons. The first-order chi connectivity index (χ1) is 10.3. The van der Waals surface area contributed by atoms with Gasteiger partial charge in [0.25, 0.3) is 0 Å². The van der Waals surface area contributed by atoms with Gasteiger partial charge < -0.3 is 5.32 Å². The molecular formula is C17H17ClN2S. The fourth-order valence-electron chi connectivity index (χ4n) is 2.41. The summed E-state index contributed by atoms with van der Waals surface area (Å²) in [7, 11) is 0. The van der Waals surface area contributed by atoms with E-state index >= 15 is 0 Å². The van der Waals surface area contributed by atoms with E-state index in [1.807, 2.05) is 35.8 Å². The van der Waals surface area contributed by atoms with E-state index in [0.717, 1.165) is 39.3 Å². The second kappa shape index (κ2) is 6.56. The van der Waals surface area contributed by atoms with Crippen LogP contribution in [0.4, 0.5) is 0 Å². The quantitative estimate of drug-likeness (QED) is 0.713. The summed E-state index contributed by atoms with van der Waals surface area (Å²) in [6.07, 6.45) is 3.03. The third-order valence-corrected chi connectivity index (χ3v) is 4.87. The standard InChI is InChI=1S/C17H17ClN2S/c1-2-8-19-16(17-14(18)7-9-21-17)13-10-12-5-3-4-6-15(12)20-11-13/h3-7,9-11,16,19H,2,8H2,1H3. The van der Waals surface area contributed by atoms with Crippen LogP contribution in [0.1, 0.15) is 29.8 Å². The summed E-state index contributed by atoms with van der Waals surface area (Å²) in [5, 5.41) is 7.59. The van der Waals surface area contributed by atoms with E-state index in [1.54, 1.807) is 11.3 Å². The molecule has 21 heavy (non-hydrogen) atoms. The maximum absolute atomic E-state index is 6.33. The number of fused-ring (bicyclic) bond motifs is 1. The fraction of sp³-hybridized carbons (Fsp3) is 0.235. The number of hydrogen-bond donors (Lipinski definition) is 1. The monoisotopic (exact) mass is 316 g/mol. The van der Waals surface area contributed by atoms with Crippen molar-refractivity contribution >= 4 is 33.8 Å². The Balaban J connectivity index is 2.03. The zero-order valence-corrected chi connectivity index (χ0v) is 13.4. The van der Waals surface area contributed by atoms with Gasteiger partial charge in [0, 0.05) is 16.5 Å². The van der Waals surface area contributed by atoms with Gasteiger partial charge in [0.2, 0.25) is 0 Å². The Kier molecular flexibility index (Phi) is 4.54. The van der Waals surface area contributed by atoms with Crippen LogP contribution < -0.4 is 5.32 Å². The molecule has 2 heterocycles. The smallest absolute Gasteiger partial charge is 0.0702 e. The van der Waals surface area contributed by atoms with E-state index in [2.05, 4.69) is 29.4 Å². The number of halogens is 1. The summed E-state index contributed by atoms with van der Waals surface area (Å²) >= 11 is 8.02. The van der Waals surface area contributed by atoms with Gasteiger partial charge in [-0.2, -0.15) is 0 Å². The van der Waals surface area contributed by atoms with Gasteiger partial charge in [0.15, 0.2) is 0 Å². The van der Waals surface area contributed by atoms with E-state index < -0.39 is 0 Å². The number of nitrogens with zero attached hydrogens (tertiary/aromatic N) is 1. The Morgan fingerprint density at radius 3 is 2.90 bits per heavy atom. The molecule has 0 amide bonds. The molecule has 1 aromatic carbocycles. The predicted molar refractivity (Wildman–Crippen MR) is 91.2 cm³/mol. The first-order valence-electron chi connectivity index (χ1n) is 7.10. The Labute approximate surface area is 133 Å². The third kappa shape index (κ3) is 3.10. The Morgan fingerprint density at radius 1 is 1.29 bits per heavy atom. The highest BCUT2D eigenvalue weighted by Crippen LogP contribution is 2.33. The van der Waals surface area contributed by atoms with Crippen LogP contribution in [0.2, 0.25) is 5.02 Å². The number of thiophene rings is 1. The van der Waals surface area contributed by atoms with Crippen LogP contribution in [-0.4, -0.2) is 11.5 Å². The van der Waals surface area contributed by atoms with Crippen LogP contribution >= 0.6 is 22.9 Å². The molecule has 1 unspecified atom stereocenters. The molecule has 0 fully saturated rings. The number of aromatic nitrogens is 1. The average Bonchev–Trinajstić information content (AvgIpc) is 2.94. The summed E-state index contributed by atoms with van der Waals surface area (Å²) in [5.74, 6) is 0. The highest BCUT2D eigenvalue weighted by molar-refractivity contribution is 7.10. The highest BCUT2D eigenvalue weighted by Gasteiger charge is 2.18. The lowest BCUT2D eigenvalue weighted by molar-refractivity contribution is 0.605. The zero-order valence-electron chi connectivity index (χ0n) is 11.8. The van der Waals surface area contributed by atoms with Gasteiger partial charge in [-0.3, -0.25) is 4.98 Å². The van der Waals surface area contributed by atoms with Gasteiger partial charge in [-0.25, -0.2) is 0 Å². The van der Waals surface area contributed by atoms with Gasteiger partial charge in [-0.1, -0.05) is 36.7 Å². The highest BCUT2D eigenvalue weighted by atomic mass is 35.5. The molecule has 2 aromatic heterocycles. The molecule has 108 valence electrons. The molecule has 0 spiro atoms. The van der Waals surface area contributed by atoms with Crippen LogP contribution in [-0.2, 0) is 0 Å². The summed E-state index contributed by atoms with van der Waals surface area (Å²) in [5.41, 5.74) is 2.18. The van der Waals surface area contributed by atoms with Crippen LogP contribution in [0.5, 0.6) is 0 Å². The molecular weight excluding hydrogens is 300 g/mol. The lowest BCUT2D eigenvalue weighted by Gasteiger charge is -2.18. The van der Waals surface area contributed by atoms with E-state index in [-0.39, 0.29) is 6.04 Å². The average molecular weight is 317 g/mol. The number of hydrogen-bond acceptors (Lipinski definition) is 3. The largest absolute Gasteiger partial charge is 0.306 e. The maximum Gasteiger partial charge on any atom is 0.0702 e. The lowest BCUT2D eigenvalue weighted by atomic mass is 10.0. The van der Waals surface area contributed by atoms with Crippen molar-refractivity contribution in [2.24, 2.45) is 0 Å². The first-order valence-corrected chi connectivity index (χ1v) is 8.36. The Morgan fingerprint density at radius 2 is 2.14 bits per heavy atom. The molecule has 0 aliphatic rings. The normalized spacial score (nSPS) is 12.7. The van der Waals surface area contributed by atoms with E-state index in [1.165, 1.54) is 0 Å². The van der Waals surface area contributed by atoms with Crippen LogP contribution in [0.15, 0.2) is 48.0 Å². The number of pyridine rings is 1. The van der Waals surface area contributed by atoms with Gasteiger partial charge in [-0.15, -0.1) is 11.3 Å². The van der Waals surface area contributed by atoms with E-state index in [9.17, 15) is 0 Å². The van der Waals surface area contributed by atoms with E-state index in [4.69, 9.17) is 11.6 Å². The summed E-state index contributed by atoms with van der Waals surface area (Å²) in [4.78, 5) is 5.73. The van der Waals surface area contributed by atoms with Crippen molar-refractivity contribution in [3.8, 4) is 0 Å². The van der Waals surface area contributed by atoms with Crippen LogP contribution in [0.25, 0.3) is 10.9 Å². The van der Waals surface area contributed by atoms with Crippen molar-refractivity contribution < 1.29 is 0 Å². The molecule has 2 nitrogen and oxygen atoms in total. The number of para-hydroxylation sites is 1. The Bertz CT molecular complexity index is 738. The van der Waals surface area contributed by atoms with Crippen LogP contribution in [0.3, 0.4) is 0 Å². The van der Waals surface area contributed by atoms with Gasteiger partial charge in [0.05, 0.1) is 16.6 Å². The zero-order chi connectivity index (χ0) is 14.7. The number of nitrogens with one attached hydrogen (secondary N) is 1. The summed E-state index contributed by atoms with van der Waals surface area (Å²) < 4.78 is 0. The minimum absolute atomic E-state index is 0.106. The molecule has 0 aliphatic carbocycles. The third-order valence-electron chi connectivity index (χ3n) is 3.45. The maximum atomic E-state index is 6.33. The molecule has 0 bridgehead atoms. The van der Waals surface area contributed by atoms with Crippen molar-refractivity contribution in [3.05, 3.63) is 63.4 Å². The molecule has 1 N–H and O–H groups in total. The second-order valence-corrected chi connectivity index (χ2v) is 6.34. The molecule has 4 heteroatoms. The lowest BCUT2D eigenvalue weighted by Crippen LogP contribution is -2.22. The molecule has 0 saturated carbocycles. The minimum Gasteiger partial charge on any atom is -0.306 e. The topological polar surface area (TPSA) is 24.9 Å². The summed E-state index contributed by atoms with van der Waals surface area (Å²) in [6, 6.07) is 12.4. The van der Waals surface area contributed by atoms with Gasteiger partial charge >= 0.3 is 0 Å². The Hall–Kier alpha value is -1.42. The van der Waals surface area contributed by atoms with Crippen molar-refractivity contribution in [2.75, 3.05) is 6.54 Å². The van der Waals surface area contributed by atoms with E-state index in [0.29, 0.717) is 0 Å². The van der Waals surface area contributed by atoms with Crippen molar-refractivity contribution in [1.29, 1.82) is 0 Å². The van der Waals surface area contributed by atoms with Crippen LogP contribution in [0, 0.1) is 0 Å². The first kappa shape index (κ1) is 14.5. The number of rotatable bonds is 5. The SMILES string of the molecule is CCCNC(c1cnc2ccccc2c1)c1sccc1Cl. The minimum atomic E-state index is 0.106. The van der Waals surface area contributed by atoms with Gasteiger partial charge in [0.1, 0.15) is 0 Å².